The summed E-state index contributed by atoms with van der Waals surface area (Å²) in [5.74, 6) is 2.61. The van der Waals surface area contributed by atoms with Crippen LogP contribution in [0.15, 0.2) is 0 Å². The normalized spacial score (nSPS) is 25.5. The molecule has 1 fully saturated rings. The van der Waals surface area contributed by atoms with Gasteiger partial charge in [0, 0.05) is 18.7 Å². The van der Waals surface area contributed by atoms with Crippen LogP contribution < -0.4 is 5.32 Å². The Labute approximate surface area is 98.9 Å². The Morgan fingerprint density at radius 2 is 2.12 bits per heavy atom. The van der Waals surface area contributed by atoms with E-state index in [4.69, 9.17) is 6.42 Å². The molecule has 0 aromatic carbocycles. The number of nitrogens with one attached hydrogen (secondary N) is 1. The minimum atomic E-state index is -2.89. The lowest BCUT2D eigenvalue weighted by Gasteiger charge is -2.19. The summed E-state index contributed by atoms with van der Waals surface area (Å²) in [6.07, 6.45) is 12.2. The van der Waals surface area contributed by atoms with E-state index in [1.54, 1.807) is 0 Å². The van der Waals surface area contributed by atoms with Gasteiger partial charge < -0.3 is 5.32 Å². The quantitative estimate of drug-likeness (QED) is 0.566. The van der Waals surface area contributed by atoms with E-state index in [0.29, 0.717) is 0 Å². The van der Waals surface area contributed by atoms with Crippen molar-refractivity contribution in [3.8, 4) is 12.3 Å². The maximum absolute atomic E-state index is 11.5. The highest BCUT2D eigenvalue weighted by Crippen LogP contribution is 2.24. The molecule has 0 aliphatic heterocycles. The predicted molar refractivity (Wildman–Crippen MR) is 67.0 cm³/mol. The van der Waals surface area contributed by atoms with Gasteiger partial charge in [-0.2, -0.15) is 0 Å². The van der Waals surface area contributed by atoms with Crippen LogP contribution in [0.5, 0.6) is 0 Å². The van der Waals surface area contributed by atoms with Gasteiger partial charge in [0.2, 0.25) is 0 Å². The van der Waals surface area contributed by atoms with Crippen molar-refractivity contribution in [2.75, 3.05) is 12.8 Å². The van der Waals surface area contributed by atoms with Crippen LogP contribution in [0.25, 0.3) is 0 Å². The van der Waals surface area contributed by atoms with Gasteiger partial charge in [-0.05, 0) is 32.2 Å². The van der Waals surface area contributed by atoms with E-state index in [1.165, 1.54) is 6.26 Å². The van der Waals surface area contributed by atoms with E-state index >= 15 is 0 Å². The number of unbranched alkanes of at least 4 members (excludes halogenated alkanes) is 2. The van der Waals surface area contributed by atoms with E-state index < -0.39 is 9.84 Å². The molecule has 16 heavy (non-hydrogen) atoms. The third-order valence-corrected chi connectivity index (χ3v) is 4.82. The van der Waals surface area contributed by atoms with Crippen molar-refractivity contribution in [1.29, 1.82) is 0 Å². The fourth-order valence-corrected chi connectivity index (χ4v) is 3.74. The molecule has 1 saturated carbocycles. The van der Waals surface area contributed by atoms with Crippen molar-refractivity contribution in [2.24, 2.45) is 0 Å². The van der Waals surface area contributed by atoms with Gasteiger partial charge in [0.25, 0.3) is 0 Å². The van der Waals surface area contributed by atoms with Gasteiger partial charge in [-0.25, -0.2) is 8.42 Å². The molecule has 0 aromatic rings. The molecule has 1 aliphatic carbocycles. The van der Waals surface area contributed by atoms with Gasteiger partial charge in [0.1, 0.15) is 0 Å². The molecular formula is C12H21NO2S. The van der Waals surface area contributed by atoms with E-state index in [1.807, 2.05) is 0 Å². The SMILES string of the molecule is C#CCCCCNC1CCCC1S(C)(=O)=O. The zero-order valence-corrected chi connectivity index (χ0v) is 10.7. The second-order valence-corrected chi connectivity index (χ2v) is 6.79. The molecular weight excluding hydrogens is 222 g/mol. The maximum Gasteiger partial charge on any atom is 0.151 e. The highest BCUT2D eigenvalue weighted by molar-refractivity contribution is 7.91. The maximum atomic E-state index is 11.5. The summed E-state index contributed by atoms with van der Waals surface area (Å²) in [5, 5.41) is 3.17. The number of sulfone groups is 1. The molecule has 0 amide bonds. The Balaban J connectivity index is 2.29. The number of hydrogen-bond acceptors (Lipinski definition) is 3. The van der Waals surface area contributed by atoms with Crippen molar-refractivity contribution in [2.45, 2.75) is 49.8 Å². The number of hydrogen-bond donors (Lipinski definition) is 1. The van der Waals surface area contributed by atoms with Gasteiger partial charge in [-0.3, -0.25) is 0 Å². The Hall–Kier alpha value is -0.530. The van der Waals surface area contributed by atoms with E-state index in [-0.39, 0.29) is 11.3 Å². The first-order chi connectivity index (χ1) is 7.55. The van der Waals surface area contributed by atoms with Gasteiger partial charge >= 0.3 is 0 Å². The van der Waals surface area contributed by atoms with Crippen molar-refractivity contribution >= 4 is 9.84 Å². The van der Waals surface area contributed by atoms with E-state index in [2.05, 4.69) is 11.2 Å². The van der Waals surface area contributed by atoms with Crippen LogP contribution in [0.4, 0.5) is 0 Å². The minimum Gasteiger partial charge on any atom is -0.313 e. The summed E-state index contributed by atoms with van der Waals surface area (Å²) in [6.45, 7) is 0.873. The largest absolute Gasteiger partial charge is 0.313 e. The third-order valence-electron chi connectivity index (χ3n) is 3.16. The fraction of sp³-hybridized carbons (Fsp3) is 0.833. The van der Waals surface area contributed by atoms with Crippen LogP contribution in [0.1, 0.15) is 38.5 Å². The molecule has 3 nitrogen and oxygen atoms in total. The molecule has 0 bridgehead atoms. The lowest BCUT2D eigenvalue weighted by molar-refractivity contribution is 0.497. The number of rotatable bonds is 6. The Kier molecular flexibility index (Phi) is 5.30. The fourth-order valence-electron chi connectivity index (χ4n) is 2.31. The average molecular weight is 243 g/mol. The summed E-state index contributed by atoms with van der Waals surface area (Å²) in [4.78, 5) is 0. The van der Waals surface area contributed by atoms with Gasteiger partial charge in [-0.1, -0.05) is 6.42 Å². The summed E-state index contributed by atoms with van der Waals surface area (Å²) < 4.78 is 23.0. The van der Waals surface area contributed by atoms with Crippen LogP contribution in [0, 0.1) is 12.3 Å². The third kappa shape index (κ3) is 4.15. The van der Waals surface area contributed by atoms with Gasteiger partial charge in [0.05, 0.1) is 5.25 Å². The first-order valence-electron chi connectivity index (χ1n) is 5.91. The van der Waals surface area contributed by atoms with Crippen LogP contribution in [0.3, 0.4) is 0 Å². The Morgan fingerprint density at radius 3 is 2.75 bits per heavy atom. The van der Waals surface area contributed by atoms with Crippen LogP contribution >= 0.6 is 0 Å². The smallest absolute Gasteiger partial charge is 0.151 e. The van der Waals surface area contributed by atoms with Crippen molar-refractivity contribution < 1.29 is 8.42 Å². The second kappa shape index (κ2) is 6.27. The molecule has 0 aromatic heterocycles. The molecule has 92 valence electrons. The predicted octanol–water partition coefficient (Wildman–Crippen LogP) is 1.35. The molecule has 0 heterocycles. The van der Waals surface area contributed by atoms with Crippen molar-refractivity contribution in [3.63, 3.8) is 0 Å². The average Bonchev–Trinajstić information content (AvgIpc) is 2.65. The standard InChI is InChI=1S/C12H21NO2S/c1-3-4-5-6-10-13-11-8-7-9-12(11)16(2,14)15/h1,11-13H,4-10H2,2H3. The van der Waals surface area contributed by atoms with E-state index in [0.717, 1.165) is 45.1 Å². The van der Waals surface area contributed by atoms with Crippen LogP contribution in [-0.2, 0) is 9.84 Å². The zero-order valence-electron chi connectivity index (χ0n) is 9.91. The van der Waals surface area contributed by atoms with Crippen molar-refractivity contribution in [3.05, 3.63) is 0 Å². The summed E-state index contributed by atoms with van der Waals surface area (Å²) >= 11 is 0. The Morgan fingerprint density at radius 1 is 1.38 bits per heavy atom. The van der Waals surface area contributed by atoms with E-state index in [9.17, 15) is 8.42 Å². The summed E-state index contributed by atoms with van der Waals surface area (Å²) in [5.41, 5.74) is 0. The minimum absolute atomic E-state index is 0.154. The molecule has 4 heteroatoms. The summed E-state index contributed by atoms with van der Waals surface area (Å²) in [7, 11) is -2.89. The molecule has 0 spiro atoms. The zero-order chi connectivity index (χ0) is 12.0. The molecule has 1 rings (SSSR count). The van der Waals surface area contributed by atoms with Crippen molar-refractivity contribution in [1.82, 2.24) is 5.32 Å². The lowest BCUT2D eigenvalue weighted by Crippen LogP contribution is -2.40. The summed E-state index contributed by atoms with van der Waals surface area (Å²) in [6, 6.07) is 0.154. The molecule has 2 unspecified atom stereocenters. The first kappa shape index (κ1) is 13.5. The number of terminal acetylenes is 1. The van der Waals surface area contributed by atoms with Gasteiger partial charge in [0.15, 0.2) is 9.84 Å². The molecule has 1 aliphatic rings. The lowest BCUT2D eigenvalue weighted by atomic mass is 10.2. The highest BCUT2D eigenvalue weighted by Gasteiger charge is 2.33. The van der Waals surface area contributed by atoms with Gasteiger partial charge in [-0.15, -0.1) is 12.3 Å². The molecule has 0 radical (unpaired) electrons. The highest BCUT2D eigenvalue weighted by atomic mass is 32.2. The topological polar surface area (TPSA) is 46.2 Å². The second-order valence-electron chi connectivity index (χ2n) is 4.52. The molecule has 2 atom stereocenters. The van der Waals surface area contributed by atoms with Crippen LogP contribution in [-0.4, -0.2) is 32.5 Å². The monoisotopic (exact) mass is 243 g/mol. The Bertz CT molecular complexity index is 343. The molecule has 1 N–H and O–H groups in total. The first-order valence-corrected chi connectivity index (χ1v) is 7.87. The van der Waals surface area contributed by atoms with Crippen LogP contribution in [0.2, 0.25) is 0 Å². The molecule has 0 saturated heterocycles.